The molecule has 2 aromatic rings. The summed E-state index contributed by atoms with van der Waals surface area (Å²) in [4.78, 5) is 23.8. The number of ether oxygens (including phenoxy) is 2. The Morgan fingerprint density at radius 3 is 2.75 bits per heavy atom. The third-order valence-corrected chi connectivity index (χ3v) is 3.69. The van der Waals surface area contributed by atoms with E-state index in [4.69, 9.17) is 21.1 Å². The van der Waals surface area contributed by atoms with Gasteiger partial charge in [-0.15, -0.1) is 0 Å². The maximum Gasteiger partial charge on any atom is 0.338 e. The molecule has 1 heterocycles. The molecule has 0 saturated heterocycles. The van der Waals surface area contributed by atoms with Crippen molar-refractivity contribution in [3.8, 4) is 5.75 Å². The number of halogens is 2. The van der Waals surface area contributed by atoms with Gasteiger partial charge in [0.15, 0.2) is 6.10 Å². The topological polar surface area (TPSA) is 64.6 Å². The van der Waals surface area contributed by atoms with Gasteiger partial charge in [-0.05, 0) is 42.5 Å². The largest absolute Gasteiger partial charge is 0.478 e. The molecule has 1 N–H and O–H groups in total. The van der Waals surface area contributed by atoms with Gasteiger partial charge in [0, 0.05) is 11.4 Å². The van der Waals surface area contributed by atoms with Crippen molar-refractivity contribution >= 4 is 29.2 Å². The van der Waals surface area contributed by atoms with Gasteiger partial charge >= 0.3 is 5.97 Å². The van der Waals surface area contributed by atoms with Crippen LogP contribution in [0.4, 0.5) is 10.1 Å². The van der Waals surface area contributed by atoms with Crippen LogP contribution < -0.4 is 10.1 Å². The number of benzene rings is 2. The molecular weight excluding hydrogens is 337 g/mol. The molecule has 7 heteroatoms. The van der Waals surface area contributed by atoms with Crippen molar-refractivity contribution in [2.45, 2.75) is 12.5 Å². The first-order valence-corrected chi connectivity index (χ1v) is 7.60. The lowest BCUT2D eigenvalue weighted by molar-refractivity contribution is -0.124. The molecule has 5 nitrogen and oxygen atoms in total. The molecule has 0 spiro atoms. The Hall–Kier alpha value is -2.60. The van der Waals surface area contributed by atoms with E-state index in [-0.39, 0.29) is 24.5 Å². The summed E-state index contributed by atoms with van der Waals surface area (Å²) in [6, 6.07) is 9.94. The summed E-state index contributed by atoms with van der Waals surface area (Å²) in [5, 5.41) is 3.19. The molecule has 1 atom stereocenters. The lowest BCUT2D eigenvalue weighted by atomic mass is 10.1. The van der Waals surface area contributed by atoms with Crippen LogP contribution in [0.25, 0.3) is 0 Å². The summed E-state index contributed by atoms with van der Waals surface area (Å²) in [5.74, 6) is -0.840. The first kappa shape index (κ1) is 16.3. The van der Waals surface area contributed by atoms with Crippen molar-refractivity contribution in [2.75, 3.05) is 11.9 Å². The van der Waals surface area contributed by atoms with Crippen LogP contribution >= 0.6 is 11.6 Å². The number of carbonyl (C=O) groups excluding carboxylic acids is 2. The number of hydrogen-bond donors (Lipinski definition) is 1. The van der Waals surface area contributed by atoms with E-state index in [2.05, 4.69) is 5.32 Å². The molecule has 0 radical (unpaired) electrons. The molecule has 3 rings (SSSR count). The summed E-state index contributed by atoms with van der Waals surface area (Å²) < 4.78 is 23.5. The van der Waals surface area contributed by atoms with Gasteiger partial charge in [0.2, 0.25) is 0 Å². The summed E-state index contributed by atoms with van der Waals surface area (Å²) in [5.41, 5.74) is 0.748. The quantitative estimate of drug-likeness (QED) is 0.859. The zero-order valence-corrected chi connectivity index (χ0v) is 13.2. The lowest BCUT2D eigenvalue weighted by Crippen LogP contribution is -2.37. The minimum absolute atomic E-state index is 0.00276. The first-order chi connectivity index (χ1) is 11.5. The predicted molar refractivity (Wildman–Crippen MR) is 85.8 cm³/mol. The van der Waals surface area contributed by atoms with Crippen molar-refractivity contribution in [2.24, 2.45) is 0 Å². The van der Waals surface area contributed by atoms with Crippen molar-refractivity contribution < 1.29 is 23.5 Å². The average Bonchev–Trinajstić information content (AvgIpc) is 2.56. The van der Waals surface area contributed by atoms with Gasteiger partial charge in [0.05, 0.1) is 17.9 Å². The van der Waals surface area contributed by atoms with Crippen molar-refractivity contribution in [3.05, 3.63) is 58.9 Å². The minimum Gasteiger partial charge on any atom is -0.478 e. The highest BCUT2D eigenvalue weighted by Gasteiger charge is 2.27. The molecule has 0 bridgehead atoms. The van der Waals surface area contributed by atoms with E-state index in [1.165, 1.54) is 24.3 Å². The Balaban J connectivity index is 1.55. The maximum atomic E-state index is 12.8. The van der Waals surface area contributed by atoms with Gasteiger partial charge < -0.3 is 14.8 Å². The maximum absolute atomic E-state index is 12.8. The summed E-state index contributed by atoms with van der Waals surface area (Å²) in [6.07, 6.45) is -0.569. The van der Waals surface area contributed by atoms with Crippen molar-refractivity contribution in [1.82, 2.24) is 0 Å². The van der Waals surface area contributed by atoms with Crippen molar-refractivity contribution in [3.63, 3.8) is 0 Å². The van der Waals surface area contributed by atoms with Gasteiger partial charge in [-0.25, -0.2) is 9.18 Å². The van der Waals surface area contributed by atoms with E-state index in [1.807, 2.05) is 0 Å². The van der Waals surface area contributed by atoms with E-state index < -0.39 is 17.9 Å². The second kappa shape index (κ2) is 6.88. The number of esters is 1. The van der Waals surface area contributed by atoms with Gasteiger partial charge in [-0.1, -0.05) is 11.6 Å². The SMILES string of the molecule is O=C(OCC[C@@H]1Oc2ccc(Cl)cc2NC1=O)c1ccc(F)cc1. The molecule has 1 amide bonds. The standard InChI is InChI=1S/C17H13ClFNO4/c18-11-3-6-14-13(9-11)20-16(21)15(24-14)7-8-23-17(22)10-1-4-12(19)5-2-10/h1-6,9,15H,7-8H2,(H,20,21)/t15-/m0/s1. The average molecular weight is 350 g/mol. The van der Waals surface area contributed by atoms with E-state index in [1.54, 1.807) is 18.2 Å². The second-order valence-corrected chi connectivity index (χ2v) is 5.60. The predicted octanol–water partition coefficient (Wildman–Crippen LogP) is 3.43. The van der Waals surface area contributed by atoms with Crippen LogP contribution in [-0.4, -0.2) is 24.6 Å². The van der Waals surface area contributed by atoms with Crippen LogP contribution in [0.3, 0.4) is 0 Å². The molecule has 1 aliphatic rings. The van der Waals surface area contributed by atoms with Gasteiger partial charge in [0.1, 0.15) is 11.6 Å². The number of hydrogen-bond acceptors (Lipinski definition) is 4. The van der Waals surface area contributed by atoms with Gasteiger partial charge in [-0.3, -0.25) is 4.79 Å². The summed E-state index contributed by atoms with van der Waals surface area (Å²) in [6.45, 7) is -0.00276. The lowest BCUT2D eigenvalue weighted by Gasteiger charge is -2.25. The highest BCUT2D eigenvalue weighted by molar-refractivity contribution is 6.31. The molecule has 0 unspecified atom stereocenters. The van der Waals surface area contributed by atoms with Crippen LogP contribution in [0.15, 0.2) is 42.5 Å². The number of nitrogens with one attached hydrogen (secondary N) is 1. The Kier molecular flexibility index (Phi) is 4.66. The van der Waals surface area contributed by atoms with Crippen LogP contribution in [0.5, 0.6) is 5.75 Å². The molecule has 0 saturated carbocycles. The van der Waals surface area contributed by atoms with Crippen LogP contribution in [0.1, 0.15) is 16.8 Å². The third kappa shape index (κ3) is 3.65. The van der Waals surface area contributed by atoms with E-state index in [0.717, 1.165) is 0 Å². The number of rotatable bonds is 4. The molecule has 0 fully saturated rings. The Bertz CT molecular complexity index is 779. The molecular formula is C17H13ClFNO4. The van der Waals surface area contributed by atoms with Crippen LogP contribution in [0.2, 0.25) is 5.02 Å². The van der Waals surface area contributed by atoms with Gasteiger partial charge in [-0.2, -0.15) is 0 Å². The monoisotopic (exact) mass is 349 g/mol. The van der Waals surface area contributed by atoms with E-state index >= 15 is 0 Å². The van der Waals surface area contributed by atoms with E-state index in [0.29, 0.717) is 16.5 Å². The molecule has 0 aliphatic carbocycles. The number of carbonyl (C=O) groups is 2. The number of anilines is 1. The fourth-order valence-corrected chi connectivity index (χ4v) is 2.41. The van der Waals surface area contributed by atoms with Gasteiger partial charge in [0.25, 0.3) is 5.91 Å². The molecule has 0 aromatic heterocycles. The fourth-order valence-electron chi connectivity index (χ4n) is 2.24. The zero-order chi connectivity index (χ0) is 17.1. The fraction of sp³-hybridized carbons (Fsp3) is 0.176. The highest BCUT2D eigenvalue weighted by Crippen LogP contribution is 2.32. The molecule has 124 valence electrons. The van der Waals surface area contributed by atoms with Crippen LogP contribution in [0, 0.1) is 5.82 Å². The first-order valence-electron chi connectivity index (χ1n) is 7.23. The summed E-state index contributed by atoms with van der Waals surface area (Å²) >= 11 is 5.86. The minimum atomic E-state index is -0.764. The highest BCUT2D eigenvalue weighted by atomic mass is 35.5. The number of fused-ring (bicyclic) bond motifs is 1. The van der Waals surface area contributed by atoms with Crippen LogP contribution in [-0.2, 0) is 9.53 Å². The number of amides is 1. The molecule has 24 heavy (non-hydrogen) atoms. The zero-order valence-electron chi connectivity index (χ0n) is 12.4. The second-order valence-electron chi connectivity index (χ2n) is 5.17. The van der Waals surface area contributed by atoms with Crippen molar-refractivity contribution in [1.29, 1.82) is 0 Å². The van der Waals surface area contributed by atoms with E-state index in [9.17, 15) is 14.0 Å². The summed E-state index contributed by atoms with van der Waals surface area (Å²) in [7, 11) is 0. The Morgan fingerprint density at radius 2 is 2.00 bits per heavy atom. The normalized spacial score (nSPS) is 15.9. The molecule has 1 aliphatic heterocycles. The Labute approximate surface area is 142 Å². The smallest absolute Gasteiger partial charge is 0.338 e. The molecule has 2 aromatic carbocycles. The third-order valence-electron chi connectivity index (χ3n) is 3.45. The Morgan fingerprint density at radius 1 is 1.25 bits per heavy atom.